The molecule has 162 valence electrons. The van der Waals surface area contributed by atoms with Gasteiger partial charge in [-0.1, -0.05) is 38.8 Å². The van der Waals surface area contributed by atoms with Gasteiger partial charge in [0.1, 0.15) is 5.75 Å². The number of urea groups is 1. The van der Waals surface area contributed by atoms with Gasteiger partial charge >= 0.3 is 6.03 Å². The number of likely N-dealkylation sites (tertiary alicyclic amines) is 1. The number of hydrogen-bond donors (Lipinski definition) is 2. The third-order valence-corrected chi connectivity index (χ3v) is 6.72. The quantitative estimate of drug-likeness (QED) is 0.732. The third kappa shape index (κ3) is 5.86. The van der Waals surface area contributed by atoms with Gasteiger partial charge in [0.05, 0.1) is 13.2 Å². The van der Waals surface area contributed by atoms with Crippen molar-refractivity contribution in [3.8, 4) is 5.75 Å². The molecular formula is C23H37N3O3. The number of piperidine rings is 1. The van der Waals surface area contributed by atoms with Crippen LogP contribution in [0.25, 0.3) is 0 Å². The number of nitrogens with zero attached hydrogens (tertiary/aromatic N) is 2. The first-order valence-electron chi connectivity index (χ1n) is 11.3. The van der Waals surface area contributed by atoms with Crippen LogP contribution < -0.4 is 5.32 Å². The van der Waals surface area contributed by atoms with Crippen molar-refractivity contribution in [2.75, 3.05) is 45.9 Å². The number of benzene rings is 1. The molecule has 1 atom stereocenters. The van der Waals surface area contributed by atoms with Gasteiger partial charge in [-0.05, 0) is 42.4 Å². The molecule has 6 nitrogen and oxygen atoms in total. The molecule has 2 aliphatic rings. The second-order valence-corrected chi connectivity index (χ2v) is 8.33. The van der Waals surface area contributed by atoms with Crippen LogP contribution >= 0.6 is 0 Å². The highest BCUT2D eigenvalue weighted by Crippen LogP contribution is 2.29. The molecule has 0 saturated carbocycles. The first-order valence-corrected chi connectivity index (χ1v) is 11.3. The van der Waals surface area contributed by atoms with Crippen LogP contribution in [-0.2, 0) is 4.74 Å². The number of rotatable bonds is 7. The Labute approximate surface area is 175 Å². The van der Waals surface area contributed by atoms with Gasteiger partial charge in [0.2, 0.25) is 0 Å². The summed E-state index contributed by atoms with van der Waals surface area (Å²) in [7, 11) is 0. The maximum absolute atomic E-state index is 12.8. The number of nitrogens with one attached hydrogen (secondary N) is 1. The number of morpholine rings is 1. The summed E-state index contributed by atoms with van der Waals surface area (Å²) >= 11 is 0. The van der Waals surface area contributed by atoms with Crippen molar-refractivity contribution in [2.45, 2.75) is 51.5 Å². The Balaban J connectivity index is 1.50. The molecular weight excluding hydrogens is 366 g/mol. The van der Waals surface area contributed by atoms with Crippen molar-refractivity contribution in [3.05, 3.63) is 29.8 Å². The zero-order valence-corrected chi connectivity index (χ0v) is 18.0. The summed E-state index contributed by atoms with van der Waals surface area (Å²) in [6, 6.07) is 7.94. The van der Waals surface area contributed by atoms with E-state index in [-0.39, 0.29) is 6.03 Å². The monoisotopic (exact) mass is 403 g/mol. The van der Waals surface area contributed by atoms with Gasteiger partial charge in [0.25, 0.3) is 0 Å². The Morgan fingerprint density at radius 3 is 2.31 bits per heavy atom. The maximum Gasteiger partial charge on any atom is 0.317 e. The van der Waals surface area contributed by atoms with Crippen molar-refractivity contribution in [3.63, 3.8) is 0 Å². The lowest BCUT2D eigenvalue weighted by Crippen LogP contribution is -2.54. The fourth-order valence-corrected chi connectivity index (χ4v) is 4.80. The molecule has 3 rings (SSSR count). The fourth-order valence-electron chi connectivity index (χ4n) is 4.80. The van der Waals surface area contributed by atoms with Gasteiger partial charge in [-0.15, -0.1) is 0 Å². The molecule has 2 amide bonds. The molecule has 2 fully saturated rings. The molecule has 0 radical (unpaired) electrons. The van der Waals surface area contributed by atoms with Gasteiger partial charge in [-0.25, -0.2) is 4.79 Å². The molecule has 2 N–H and O–H groups in total. The van der Waals surface area contributed by atoms with Gasteiger partial charge in [-0.2, -0.15) is 0 Å². The molecule has 0 bridgehead atoms. The van der Waals surface area contributed by atoms with E-state index >= 15 is 0 Å². The average molecular weight is 404 g/mol. The zero-order valence-electron chi connectivity index (χ0n) is 18.0. The molecule has 1 unspecified atom stereocenters. The van der Waals surface area contributed by atoms with E-state index in [0.29, 0.717) is 30.2 Å². The van der Waals surface area contributed by atoms with Gasteiger partial charge in [0, 0.05) is 38.8 Å². The second-order valence-electron chi connectivity index (χ2n) is 8.33. The normalized spacial score (nSPS) is 20.0. The number of phenols is 1. The Kier molecular flexibility index (Phi) is 8.19. The van der Waals surface area contributed by atoms with Crippen LogP contribution in [-0.4, -0.2) is 72.9 Å². The summed E-state index contributed by atoms with van der Waals surface area (Å²) in [5.74, 6) is 1.36. The van der Waals surface area contributed by atoms with Crippen LogP contribution in [0.1, 0.15) is 51.0 Å². The molecule has 1 aromatic rings. The second kappa shape index (κ2) is 10.8. The molecule has 2 saturated heterocycles. The van der Waals surface area contributed by atoms with Crippen LogP contribution in [0.2, 0.25) is 0 Å². The van der Waals surface area contributed by atoms with E-state index in [0.717, 1.165) is 65.1 Å². The van der Waals surface area contributed by atoms with E-state index in [1.807, 2.05) is 17.0 Å². The highest BCUT2D eigenvalue weighted by atomic mass is 16.5. The highest BCUT2D eigenvalue weighted by Gasteiger charge is 2.29. The Bertz CT molecular complexity index is 619. The summed E-state index contributed by atoms with van der Waals surface area (Å²) < 4.78 is 5.52. The van der Waals surface area contributed by atoms with E-state index in [4.69, 9.17) is 4.74 Å². The van der Waals surface area contributed by atoms with Crippen molar-refractivity contribution in [2.24, 2.45) is 5.92 Å². The third-order valence-electron chi connectivity index (χ3n) is 6.72. The zero-order chi connectivity index (χ0) is 20.6. The number of phenolic OH excluding ortho intramolecular Hbond substituents is 1. The Morgan fingerprint density at radius 1 is 1.10 bits per heavy atom. The predicted octanol–water partition coefficient (Wildman–Crippen LogP) is 3.42. The van der Waals surface area contributed by atoms with Gasteiger partial charge in [-0.3, -0.25) is 4.90 Å². The molecule has 2 heterocycles. The number of carbonyl (C=O) groups excluding carboxylic acids is 1. The van der Waals surface area contributed by atoms with Crippen LogP contribution in [0.15, 0.2) is 24.3 Å². The fraction of sp³-hybridized carbons (Fsp3) is 0.696. The van der Waals surface area contributed by atoms with Crippen molar-refractivity contribution in [1.29, 1.82) is 0 Å². The SMILES string of the molecule is CCC(CC)C(CNC(=O)N1CCC(c2ccc(O)cc2)CC1)N1CCOCC1. The highest BCUT2D eigenvalue weighted by molar-refractivity contribution is 5.74. The minimum Gasteiger partial charge on any atom is -0.508 e. The van der Waals surface area contributed by atoms with Crippen molar-refractivity contribution >= 4 is 6.03 Å². The molecule has 0 aliphatic carbocycles. The largest absolute Gasteiger partial charge is 0.508 e. The predicted molar refractivity (Wildman–Crippen MR) is 115 cm³/mol. The van der Waals surface area contributed by atoms with Crippen LogP contribution in [0.4, 0.5) is 4.79 Å². The Hall–Kier alpha value is -1.79. The van der Waals surface area contributed by atoms with E-state index < -0.39 is 0 Å². The van der Waals surface area contributed by atoms with Crippen LogP contribution in [0.5, 0.6) is 5.75 Å². The molecule has 2 aliphatic heterocycles. The summed E-state index contributed by atoms with van der Waals surface area (Å²) in [6.07, 6.45) is 4.20. The summed E-state index contributed by atoms with van der Waals surface area (Å²) in [5, 5.41) is 12.7. The number of amides is 2. The van der Waals surface area contributed by atoms with Crippen LogP contribution in [0, 0.1) is 5.92 Å². The first kappa shape index (κ1) is 21.9. The first-order chi connectivity index (χ1) is 14.1. The minimum atomic E-state index is 0.0679. The molecule has 29 heavy (non-hydrogen) atoms. The van der Waals surface area contributed by atoms with Gasteiger partial charge in [0.15, 0.2) is 0 Å². The number of carbonyl (C=O) groups is 1. The topological polar surface area (TPSA) is 65.0 Å². The molecule has 0 spiro atoms. The number of ether oxygens (including phenoxy) is 1. The average Bonchev–Trinajstić information content (AvgIpc) is 2.77. The standard InChI is InChI=1S/C23H37N3O3/c1-3-18(4-2)22(25-13-15-29-16-14-25)17-24-23(28)26-11-9-20(10-12-26)19-5-7-21(27)8-6-19/h5-8,18,20,22,27H,3-4,9-17H2,1-2H3,(H,24,28). The van der Waals surface area contributed by atoms with Gasteiger partial charge < -0.3 is 20.1 Å². The lowest BCUT2D eigenvalue weighted by Gasteiger charge is -2.39. The molecule has 1 aromatic carbocycles. The number of aromatic hydroxyl groups is 1. The summed E-state index contributed by atoms with van der Waals surface area (Å²) in [4.78, 5) is 17.3. The van der Waals surface area contributed by atoms with E-state index in [9.17, 15) is 9.90 Å². The van der Waals surface area contributed by atoms with Crippen molar-refractivity contribution < 1.29 is 14.6 Å². The maximum atomic E-state index is 12.8. The number of hydrogen-bond acceptors (Lipinski definition) is 4. The lowest BCUT2D eigenvalue weighted by molar-refractivity contribution is 0.00206. The summed E-state index contributed by atoms with van der Waals surface area (Å²) in [5.41, 5.74) is 1.25. The minimum absolute atomic E-state index is 0.0679. The smallest absolute Gasteiger partial charge is 0.317 e. The Morgan fingerprint density at radius 2 is 1.72 bits per heavy atom. The van der Waals surface area contributed by atoms with E-state index in [2.05, 4.69) is 24.1 Å². The lowest BCUT2D eigenvalue weighted by atomic mass is 9.89. The van der Waals surface area contributed by atoms with E-state index in [1.54, 1.807) is 12.1 Å². The summed E-state index contributed by atoms with van der Waals surface area (Å²) in [6.45, 7) is 10.3. The van der Waals surface area contributed by atoms with Crippen LogP contribution in [0.3, 0.4) is 0 Å². The van der Waals surface area contributed by atoms with E-state index in [1.165, 1.54) is 5.56 Å². The molecule has 0 aromatic heterocycles. The molecule has 6 heteroatoms. The van der Waals surface area contributed by atoms with Crippen molar-refractivity contribution in [1.82, 2.24) is 15.1 Å².